The molecule has 0 bridgehead atoms. The number of carbonyl (C=O) groups excluding carboxylic acids is 1. The zero-order valence-electron chi connectivity index (χ0n) is 12.4. The van der Waals surface area contributed by atoms with E-state index in [4.69, 9.17) is 21.7 Å². The van der Waals surface area contributed by atoms with Crippen LogP contribution >= 0.6 is 24.0 Å². The lowest BCUT2D eigenvalue weighted by Gasteiger charge is -2.12. The number of ether oxygens (including phenoxy) is 2. The van der Waals surface area contributed by atoms with Crippen LogP contribution in [0.4, 0.5) is 0 Å². The molecular weight excluding hydrogens is 322 g/mol. The second-order valence-electron chi connectivity index (χ2n) is 4.49. The number of thiocarbonyl (C=S) groups is 1. The highest BCUT2D eigenvalue weighted by Crippen LogP contribution is 2.34. The molecule has 22 heavy (non-hydrogen) atoms. The Morgan fingerprint density at radius 3 is 2.91 bits per heavy atom. The molecule has 0 atom stereocenters. The number of thioether (sulfide) groups is 1. The summed E-state index contributed by atoms with van der Waals surface area (Å²) in [5.41, 5.74) is 0.772. The van der Waals surface area contributed by atoms with Gasteiger partial charge in [-0.05, 0) is 30.7 Å². The normalized spacial score (nSPS) is 16.6. The maximum atomic E-state index is 12.3. The molecule has 1 fully saturated rings. The number of nitrogens with zero attached hydrogens (tertiary/aromatic N) is 1. The van der Waals surface area contributed by atoms with Crippen LogP contribution in [0.2, 0.25) is 0 Å². The van der Waals surface area contributed by atoms with Crippen LogP contribution in [-0.2, 0) is 9.53 Å². The first kappa shape index (κ1) is 16.8. The number of aromatic hydroxyl groups is 1. The summed E-state index contributed by atoms with van der Waals surface area (Å²) in [6.45, 7) is 3.18. The molecule has 7 heteroatoms. The minimum atomic E-state index is -0.127. The Balaban J connectivity index is 2.21. The number of carbonyl (C=O) groups is 1. The van der Waals surface area contributed by atoms with E-state index in [9.17, 15) is 9.90 Å². The van der Waals surface area contributed by atoms with Crippen LogP contribution in [0.3, 0.4) is 0 Å². The smallest absolute Gasteiger partial charge is 0.266 e. The van der Waals surface area contributed by atoms with E-state index in [-0.39, 0.29) is 11.7 Å². The first-order valence-corrected chi connectivity index (χ1v) is 7.99. The first-order chi connectivity index (χ1) is 10.6. The standard InChI is InChI=1S/C15H17NO4S2/c1-3-20-12-8-10(4-5-11(12)17)9-13-14(18)16(6-7-19-2)15(21)22-13/h4-5,8-9,17H,3,6-7H2,1-2H3. The number of benzene rings is 1. The number of phenols is 1. The minimum absolute atomic E-state index is 0.0756. The number of hydrogen-bond donors (Lipinski definition) is 1. The van der Waals surface area contributed by atoms with Gasteiger partial charge in [-0.15, -0.1) is 0 Å². The predicted molar refractivity (Wildman–Crippen MR) is 91.0 cm³/mol. The summed E-state index contributed by atoms with van der Waals surface area (Å²) in [5, 5.41) is 9.70. The highest BCUT2D eigenvalue weighted by Gasteiger charge is 2.31. The maximum absolute atomic E-state index is 12.3. The molecule has 0 spiro atoms. The fourth-order valence-electron chi connectivity index (χ4n) is 1.92. The zero-order valence-corrected chi connectivity index (χ0v) is 14.0. The predicted octanol–water partition coefficient (Wildman–Crippen LogP) is 2.64. The third kappa shape index (κ3) is 3.79. The number of phenolic OH excluding ortho intramolecular Hbond substituents is 1. The van der Waals surface area contributed by atoms with Crippen LogP contribution < -0.4 is 4.74 Å². The van der Waals surface area contributed by atoms with Gasteiger partial charge < -0.3 is 14.6 Å². The van der Waals surface area contributed by atoms with Crippen LogP contribution in [0.15, 0.2) is 23.1 Å². The summed E-state index contributed by atoms with van der Waals surface area (Å²) in [6.07, 6.45) is 1.74. The van der Waals surface area contributed by atoms with Gasteiger partial charge in [0.2, 0.25) is 0 Å². The summed E-state index contributed by atoms with van der Waals surface area (Å²) in [7, 11) is 1.58. The van der Waals surface area contributed by atoms with Crippen LogP contribution in [0.5, 0.6) is 11.5 Å². The molecule has 5 nitrogen and oxygen atoms in total. The highest BCUT2D eigenvalue weighted by atomic mass is 32.2. The molecule has 1 heterocycles. The molecule has 1 aromatic carbocycles. The van der Waals surface area contributed by atoms with E-state index in [1.165, 1.54) is 16.7 Å². The van der Waals surface area contributed by atoms with Crippen molar-refractivity contribution in [1.29, 1.82) is 0 Å². The van der Waals surface area contributed by atoms with Crippen molar-refractivity contribution in [3.8, 4) is 11.5 Å². The number of hydrogen-bond acceptors (Lipinski definition) is 6. The molecule has 1 saturated heterocycles. The van der Waals surface area contributed by atoms with E-state index in [1.807, 2.05) is 6.92 Å². The van der Waals surface area contributed by atoms with Crippen molar-refractivity contribution in [3.05, 3.63) is 28.7 Å². The second kappa shape index (κ2) is 7.62. The van der Waals surface area contributed by atoms with Crippen LogP contribution in [0.25, 0.3) is 6.08 Å². The largest absolute Gasteiger partial charge is 0.504 e. The Kier molecular flexibility index (Phi) is 5.82. The van der Waals surface area contributed by atoms with Crippen molar-refractivity contribution in [1.82, 2.24) is 4.90 Å². The molecule has 0 aliphatic carbocycles. The molecular formula is C15H17NO4S2. The van der Waals surface area contributed by atoms with Gasteiger partial charge in [-0.3, -0.25) is 9.69 Å². The Bertz CT molecular complexity index is 616. The topological polar surface area (TPSA) is 59.0 Å². The van der Waals surface area contributed by atoms with Crippen LogP contribution in [-0.4, -0.2) is 47.1 Å². The van der Waals surface area contributed by atoms with Gasteiger partial charge in [0.25, 0.3) is 5.91 Å². The average Bonchev–Trinajstić information content (AvgIpc) is 2.75. The van der Waals surface area contributed by atoms with Gasteiger partial charge in [-0.25, -0.2) is 0 Å². The van der Waals surface area contributed by atoms with Gasteiger partial charge in [0.15, 0.2) is 11.5 Å². The summed E-state index contributed by atoms with van der Waals surface area (Å²) >= 11 is 6.48. The summed E-state index contributed by atoms with van der Waals surface area (Å²) in [4.78, 5) is 14.4. The first-order valence-electron chi connectivity index (χ1n) is 6.77. The van der Waals surface area contributed by atoms with Crippen molar-refractivity contribution in [2.75, 3.05) is 26.9 Å². The lowest BCUT2D eigenvalue weighted by atomic mass is 10.2. The molecule has 0 unspecified atom stereocenters. The van der Waals surface area contributed by atoms with E-state index in [0.29, 0.717) is 34.7 Å². The summed E-state index contributed by atoms with van der Waals surface area (Å²) in [6, 6.07) is 4.96. The summed E-state index contributed by atoms with van der Waals surface area (Å²) < 4.78 is 10.8. The molecule has 0 saturated carbocycles. The molecule has 1 aromatic rings. The van der Waals surface area contributed by atoms with Gasteiger partial charge >= 0.3 is 0 Å². The Morgan fingerprint density at radius 2 is 2.23 bits per heavy atom. The molecule has 1 N–H and O–H groups in total. The fraction of sp³-hybridized carbons (Fsp3) is 0.333. The molecule has 1 aliphatic rings. The molecule has 118 valence electrons. The lowest BCUT2D eigenvalue weighted by Crippen LogP contribution is -2.31. The fourth-order valence-corrected chi connectivity index (χ4v) is 3.23. The van der Waals surface area contributed by atoms with Gasteiger partial charge in [0, 0.05) is 7.11 Å². The SMILES string of the molecule is CCOc1cc(C=C2SC(=S)N(CCOC)C2=O)ccc1O. The molecule has 1 amide bonds. The zero-order chi connectivity index (χ0) is 16.1. The van der Waals surface area contributed by atoms with E-state index < -0.39 is 0 Å². The van der Waals surface area contributed by atoms with Crippen molar-refractivity contribution in [3.63, 3.8) is 0 Å². The molecule has 2 rings (SSSR count). The van der Waals surface area contributed by atoms with E-state index in [2.05, 4.69) is 0 Å². The number of methoxy groups -OCH3 is 1. The Hall–Kier alpha value is -1.57. The maximum Gasteiger partial charge on any atom is 0.266 e. The van der Waals surface area contributed by atoms with E-state index in [0.717, 1.165) is 5.56 Å². The van der Waals surface area contributed by atoms with Crippen LogP contribution in [0, 0.1) is 0 Å². The van der Waals surface area contributed by atoms with E-state index >= 15 is 0 Å². The second-order valence-corrected chi connectivity index (χ2v) is 6.16. The Morgan fingerprint density at radius 1 is 1.45 bits per heavy atom. The highest BCUT2D eigenvalue weighted by molar-refractivity contribution is 8.26. The molecule has 1 aliphatic heterocycles. The number of rotatable bonds is 6. The van der Waals surface area contributed by atoms with Crippen molar-refractivity contribution >= 4 is 40.3 Å². The van der Waals surface area contributed by atoms with Crippen molar-refractivity contribution in [2.45, 2.75) is 6.92 Å². The van der Waals surface area contributed by atoms with Gasteiger partial charge in [-0.2, -0.15) is 0 Å². The monoisotopic (exact) mass is 339 g/mol. The van der Waals surface area contributed by atoms with Gasteiger partial charge in [-0.1, -0.05) is 30.0 Å². The number of amides is 1. The van der Waals surface area contributed by atoms with E-state index in [1.54, 1.807) is 31.4 Å². The lowest BCUT2D eigenvalue weighted by molar-refractivity contribution is -0.122. The van der Waals surface area contributed by atoms with Gasteiger partial charge in [0.1, 0.15) is 4.32 Å². The van der Waals surface area contributed by atoms with Crippen molar-refractivity contribution < 1.29 is 19.4 Å². The third-order valence-corrected chi connectivity index (χ3v) is 4.35. The average molecular weight is 339 g/mol. The minimum Gasteiger partial charge on any atom is -0.504 e. The van der Waals surface area contributed by atoms with Crippen molar-refractivity contribution in [2.24, 2.45) is 0 Å². The van der Waals surface area contributed by atoms with Gasteiger partial charge in [0.05, 0.1) is 24.7 Å². The Labute approximate surface area is 138 Å². The molecule has 0 radical (unpaired) electrons. The van der Waals surface area contributed by atoms with Crippen LogP contribution in [0.1, 0.15) is 12.5 Å². The third-order valence-electron chi connectivity index (χ3n) is 2.97. The molecule has 0 aromatic heterocycles. The summed E-state index contributed by atoms with van der Waals surface area (Å²) in [5.74, 6) is 0.343. The quantitative estimate of drug-likeness (QED) is 0.635.